The molecule has 7 nitrogen and oxygen atoms in total. The summed E-state index contributed by atoms with van der Waals surface area (Å²) in [6.45, 7) is 6.23. The molecule has 210 valence electrons. The average molecular weight is 545 g/mol. The van der Waals surface area contributed by atoms with Crippen molar-refractivity contribution < 1.29 is 18.7 Å². The number of carbonyl (C=O) groups is 1. The third-order valence-corrected chi connectivity index (χ3v) is 9.06. The minimum atomic E-state index is -0.200. The van der Waals surface area contributed by atoms with Crippen LogP contribution in [-0.4, -0.2) is 72.2 Å². The molecule has 40 heavy (non-hydrogen) atoms. The zero-order valence-electron chi connectivity index (χ0n) is 22.9. The number of nitrogens with one attached hydrogen (secondary N) is 1. The van der Waals surface area contributed by atoms with Gasteiger partial charge in [-0.1, -0.05) is 6.07 Å². The molecule has 1 amide bonds. The summed E-state index contributed by atoms with van der Waals surface area (Å²) in [5.74, 6) is 1.14. The van der Waals surface area contributed by atoms with Crippen molar-refractivity contribution in [1.82, 2.24) is 20.1 Å². The normalized spacial score (nSPS) is 24.1. The zero-order valence-corrected chi connectivity index (χ0v) is 22.9. The van der Waals surface area contributed by atoms with Gasteiger partial charge in [0.15, 0.2) is 0 Å². The van der Waals surface area contributed by atoms with Crippen molar-refractivity contribution in [3.05, 3.63) is 70.7 Å². The number of carbonyl (C=O) groups excluding carboxylic acids is 1. The van der Waals surface area contributed by atoms with E-state index < -0.39 is 0 Å². The fraction of sp³-hybridized carbons (Fsp3) is 0.500. The van der Waals surface area contributed by atoms with E-state index in [1.54, 1.807) is 6.07 Å². The molecular weight excluding hydrogens is 507 g/mol. The van der Waals surface area contributed by atoms with Gasteiger partial charge < -0.3 is 19.7 Å². The van der Waals surface area contributed by atoms with Gasteiger partial charge in [0.05, 0.1) is 5.52 Å². The lowest BCUT2D eigenvalue weighted by Crippen LogP contribution is -2.46. The van der Waals surface area contributed by atoms with Crippen LogP contribution in [-0.2, 0) is 17.8 Å². The molecule has 3 fully saturated rings. The Balaban J connectivity index is 0.979. The number of fused-ring (bicyclic) bond motifs is 2. The van der Waals surface area contributed by atoms with Gasteiger partial charge in [0.2, 0.25) is 0 Å². The fourth-order valence-corrected chi connectivity index (χ4v) is 6.81. The molecule has 0 spiro atoms. The lowest BCUT2D eigenvalue weighted by atomic mass is 9.95. The summed E-state index contributed by atoms with van der Waals surface area (Å²) in [4.78, 5) is 22.0. The van der Waals surface area contributed by atoms with Crippen LogP contribution in [0.25, 0.3) is 10.9 Å². The number of pyridine rings is 1. The minimum Gasteiger partial charge on any atom is -0.489 e. The van der Waals surface area contributed by atoms with Gasteiger partial charge in [-0.25, -0.2) is 4.39 Å². The van der Waals surface area contributed by atoms with E-state index in [0.29, 0.717) is 24.6 Å². The van der Waals surface area contributed by atoms with Gasteiger partial charge in [-0.2, -0.15) is 0 Å². The maximum atomic E-state index is 15.2. The molecule has 4 aliphatic rings. The number of piperidine rings is 1. The van der Waals surface area contributed by atoms with E-state index in [1.807, 2.05) is 29.2 Å². The third kappa shape index (κ3) is 5.20. The van der Waals surface area contributed by atoms with Crippen molar-refractivity contribution in [3.8, 4) is 5.75 Å². The van der Waals surface area contributed by atoms with Crippen LogP contribution in [0.15, 0.2) is 42.5 Å². The first-order chi connectivity index (χ1) is 19.6. The number of rotatable bonds is 6. The van der Waals surface area contributed by atoms with Crippen LogP contribution >= 0.6 is 0 Å². The molecule has 3 aromatic rings. The van der Waals surface area contributed by atoms with Crippen LogP contribution in [0.1, 0.15) is 65.2 Å². The van der Waals surface area contributed by atoms with Crippen molar-refractivity contribution in [2.24, 2.45) is 0 Å². The monoisotopic (exact) mass is 544 g/mol. The van der Waals surface area contributed by atoms with Crippen LogP contribution in [0.5, 0.6) is 5.75 Å². The van der Waals surface area contributed by atoms with Gasteiger partial charge in [-0.15, -0.1) is 0 Å². The predicted octanol–water partition coefficient (Wildman–Crippen LogP) is 4.63. The van der Waals surface area contributed by atoms with Gasteiger partial charge >= 0.3 is 0 Å². The Morgan fingerprint density at radius 2 is 1.98 bits per heavy atom. The summed E-state index contributed by atoms with van der Waals surface area (Å²) in [5, 5.41) is 4.39. The number of halogens is 1. The van der Waals surface area contributed by atoms with E-state index in [2.05, 4.69) is 22.3 Å². The Kier molecular flexibility index (Phi) is 7.16. The Labute approximate surface area is 234 Å². The van der Waals surface area contributed by atoms with Gasteiger partial charge in [0.1, 0.15) is 17.7 Å². The second-order valence-electron chi connectivity index (χ2n) is 11.8. The molecule has 3 saturated heterocycles. The number of hydrogen-bond donors (Lipinski definition) is 1. The summed E-state index contributed by atoms with van der Waals surface area (Å²) in [5.41, 5.74) is 4.31. The van der Waals surface area contributed by atoms with Crippen molar-refractivity contribution in [2.75, 3.05) is 39.4 Å². The van der Waals surface area contributed by atoms with Crippen molar-refractivity contribution >= 4 is 16.8 Å². The van der Waals surface area contributed by atoms with E-state index >= 15 is 4.39 Å². The predicted molar refractivity (Wildman–Crippen MR) is 151 cm³/mol. The molecular formula is C32H37FN4O3. The quantitative estimate of drug-likeness (QED) is 0.488. The maximum absolute atomic E-state index is 15.2. The zero-order chi connectivity index (χ0) is 27.1. The summed E-state index contributed by atoms with van der Waals surface area (Å²) >= 11 is 0. The summed E-state index contributed by atoms with van der Waals surface area (Å²) in [7, 11) is 0. The molecule has 0 unspecified atom stereocenters. The molecule has 0 radical (unpaired) electrons. The standard InChI is InChI=1S/C32H37FN4O3/c33-29-16-31-22(3-6-30(35-31)21-8-12-39-13-9-21)14-24(29)18-36-11-7-27(20-36)40-26-4-5-28-23(15-26)19-37(32(28)38)25-2-1-10-34-17-25/h3-6,14-16,21,25,27,34H,1-2,7-13,17-20H2/t25-,27-/m0/s1. The Morgan fingerprint density at radius 1 is 1.07 bits per heavy atom. The second kappa shape index (κ2) is 11.1. The molecule has 1 aromatic heterocycles. The van der Waals surface area contributed by atoms with Crippen LogP contribution in [0.4, 0.5) is 4.39 Å². The number of amides is 1. The van der Waals surface area contributed by atoms with Gasteiger partial charge in [-0.05, 0) is 74.5 Å². The third-order valence-electron chi connectivity index (χ3n) is 9.06. The fourth-order valence-electron chi connectivity index (χ4n) is 6.81. The molecule has 8 heteroatoms. The first-order valence-electron chi connectivity index (χ1n) is 14.8. The highest BCUT2D eigenvalue weighted by molar-refractivity contribution is 5.98. The van der Waals surface area contributed by atoms with E-state index in [-0.39, 0.29) is 23.9 Å². The first-order valence-corrected chi connectivity index (χ1v) is 14.8. The molecule has 5 heterocycles. The molecule has 0 saturated carbocycles. The van der Waals surface area contributed by atoms with Crippen LogP contribution in [0.2, 0.25) is 0 Å². The smallest absolute Gasteiger partial charge is 0.254 e. The Bertz CT molecular complexity index is 1400. The second-order valence-corrected chi connectivity index (χ2v) is 11.8. The van der Waals surface area contributed by atoms with Gasteiger partial charge in [0.25, 0.3) is 5.91 Å². The van der Waals surface area contributed by atoms with Crippen LogP contribution < -0.4 is 10.1 Å². The van der Waals surface area contributed by atoms with Crippen LogP contribution in [0, 0.1) is 5.82 Å². The van der Waals surface area contributed by atoms with E-state index in [9.17, 15) is 4.79 Å². The lowest BCUT2D eigenvalue weighted by molar-refractivity contribution is 0.0674. The van der Waals surface area contributed by atoms with E-state index in [4.69, 9.17) is 14.5 Å². The average Bonchev–Trinajstić information content (AvgIpc) is 3.57. The molecule has 4 aliphatic heterocycles. The Hall–Kier alpha value is -3.07. The highest BCUT2D eigenvalue weighted by atomic mass is 19.1. The number of benzene rings is 2. The van der Waals surface area contributed by atoms with E-state index in [1.165, 1.54) is 0 Å². The highest BCUT2D eigenvalue weighted by Gasteiger charge is 2.34. The molecule has 1 N–H and O–H groups in total. The summed E-state index contributed by atoms with van der Waals surface area (Å²) in [6.07, 6.45) is 5.03. The van der Waals surface area contributed by atoms with Gasteiger partial charge in [0, 0.05) is 86.2 Å². The number of aromatic nitrogens is 1. The SMILES string of the molecule is O=C1c2ccc(O[C@H]3CCN(Cc4cc5ccc(C6CCOCC6)nc5cc4F)C3)cc2CN1[C@H]1CCCNC1. The van der Waals surface area contributed by atoms with Crippen LogP contribution in [0.3, 0.4) is 0 Å². The Morgan fingerprint density at radius 3 is 2.83 bits per heavy atom. The number of nitrogens with zero attached hydrogens (tertiary/aromatic N) is 3. The molecule has 2 aromatic carbocycles. The topological polar surface area (TPSA) is 66.9 Å². The van der Waals surface area contributed by atoms with E-state index in [0.717, 1.165) is 105 Å². The molecule has 0 aliphatic carbocycles. The van der Waals surface area contributed by atoms with Crippen molar-refractivity contribution in [2.45, 2.75) is 63.3 Å². The molecule has 7 rings (SSSR count). The summed E-state index contributed by atoms with van der Waals surface area (Å²) < 4.78 is 27.0. The highest BCUT2D eigenvalue weighted by Crippen LogP contribution is 2.32. The van der Waals surface area contributed by atoms with Crippen molar-refractivity contribution in [3.63, 3.8) is 0 Å². The number of hydrogen-bond acceptors (Lipinski definition) is 6. The number of ether oxygens (including phenoxy) is 2. The first kappa shape index (κ1) is 25.9. The van der Waals surface area contributed by atoms with Crippen molar-refractivity contribution in [1.29, 1.82) is 0 Å². The molecule has 0 bridgehead atoms. The number of likely N-dealkylation sites (tertiary alicyclic amines) is 1. The largest absolute Gasteiger partial charge is 0.489 e. The van der Waals surface area contributed by atoms with Gasteiger partial charge in [-0.3, -0.25) is 14.7 Å². The molecule has 2 atom stereocenters. The summed E-state index contributed by atoms with van der Waals surface area (Å²) in [6, 6.07) is 13.9. The lowest BCUT2D eigenvalue weighted by Gasteiger charge is -2.31. The minimum absolute atomic E-state index is 0.0426. The maximum Gasteiger partial charge on any atom is 0.254 e.